The Labute approximate surface area is 247 Å². The summed E-state index contributed by atoms with van der Waals surface area (Å²) in [6.07, 6.45) is 13.2. The molecule has 0 aliphatic heterocycles. The van der Waals surface area contributed by atoms with E-state index in [0.717, 1.165) is 59.1 Å². The van der Waals surface area contributed by atoms with Crippen LogP contribution in [0.5, 0.6) is 11.5 Å². The first-order valence-electron chi connectivity index (χ1n) is 15.0. The van der Waals surface area contributed by atoms with Gasteiger partial charge in [-0.05, 0) is 67.3 Å². The van der Waals surface area contributed by atoms with E-state index in [1.807, 2.05) is 12.1 Å². The molecule has 0 amide bonds. The molecule has 0 aromatic heterocycles. The molecule has 5 nitrogen and oxygen atoms in total. The Balaban J connectivity index is 1.76. The monoisotopic (exact) mass is 556 g/mol. The summed E-state index contributed by atoms with van der Waals surface area (Å²) in [6, 6.07) is 21.2. The standard InChI is InChI=1S/C36H48N2O3/c1-6-9-23-38(24-10-7-2)34-21-15-30(16-22-34)12-18-32-28-35(40-4)31(27-36(32)41-5)17-11-29-13-19-33(20-14-29)37(8-3)25-26-39/h11-22,27-28,39H,6-10,23-26H2,1-5H3. The molecular weight excluding hydrogens is 508 g/mol. The molecule has 3 aromatic carbocycles. The predicted octanol–water partition coefficient (Wildman–Crippen LogP) is 8.27. The topological polar surface area (TPSA) is 45.2 Å². The Bertz CT molecular complexity index is 1220. The number of hydrogen-bond donors (Lipinski definition) is 1. The summed E-state index contributed by atoms with van der Waals surface area (Å²) in [5.74, 6) is 1.58. The Morgan fingerprint density at radius 3 is 1.41 bits per heavy atom. The zero-order chi connectivity index (χ0) is 29.5. The summed E-state index contributed by atoms with van der Waals surface area (Å²) in [5, 5.41) is 9.29. The highest BCUT2D eigenvalue weighted by Crippen LogP contribution is 2.32. The Morgan fingerprint density at radius 1 is 0.610 bits per heavy atom. The van der Waals surface area contributed by atoms with E-state index in [1.165, 1.54) is 31.4 Å². The molecule has 0 atom stereocenters. The number of benzene rings is 3. The van der Waals surface area contributed by atoms with Crippen molar-refractivity contribution in [2.75, 3.05) is 56.8 Å². The molecule has 3 aromatic rings. The van der Waals surface area contributed by atoms with E-state index in [0.29, 0.717) is 6.54 Å². The van der Waals surface area contributed by atoms with Gasteiger partial charge in [0.25, 0.3) is 0 Å². The van der Waals surface area contributed by atoms with Gasteiger partial charge in [0.05, 0.1) is 20.8 Å². The number of aliphatic hydroxyl groups excluding tert-OH is 1. The fraction of sp³-hybridized carbons (Fsp3) is 0.389. The second-order valence-corrected chi connectivity index (χ2v) is 10.2. The highest BCUT2D eigenvalue weighted by molar-refractivity contribution is 5.79. The third-order valence-corrected chi connectivity index (χ3v) is 7.32. The van der Waals surface area contributed by atoms with E-state index < -0.39 is 0 Å². The van der Waals surface area contributed by atoms with Crippen LogP contribution in [0.15, 0.2) is 60.7 Å². The van der Waals surface area contributed by atoms with Crippen LogP contribution in [-0.2, 0) is 0 Å². The molecule has 0 spiro atoms. The minimum Gasteiger partial charge on any atom is -0.496 e. The molecule has 5 heteroatoms. The van der Waals surface area contributed by atoms with E-state index in [9.17, 15) is 5.11 Å². The maximum Gasteiger partial charge on any atom is 0.126 e. The van der Waals surface area contributed by atoms with Crippen molar-refractivity contribution in [3.63, 3.8) is 0 Å². The Kier molecular flexibility index (Phi) is 13.3. The lowest BCUT2D eigenvalue weighted by molar-refractivity contribution is 0.302. The summed E-state index contributed by atoms with van der Waals surface area (Å²) in [4.78, 5) is 4.66. The fourth-order valence-electron chi connectivity index (χ4n) is 4.83. The van der Waals surface area contributed by atoms with Gasteiger partial charge >= 0.3 is 0 Å². The van der Waals surface area contributed by atoms with Gasteiger partial charge in [-0.3, -0.25) is 0 Å². The van der Waals surface area contributed by atoms with E-state index in [2.05, 4.69) is 103 Å². The molecule has 41 heavy (non-hydrogen) atoms. The van der Waals surface area contributed by atoms with Gasteiger partial charge in [0, 0.05) is 48.7 Å². The Morgan fingerprint density at radius 2 is 1.05 bits per heavy atom. The lowest BCUT2D eigenvalue weighted by atomic mass is 10.0. The second kappa shape index (κ2) is 17.2. The van der Waals surface area contributed by atoms with Crippen molar-refractivity contribution >= 4 is 35.7 Å². The molecule has 0 radical (unpaired) electrons. The van der Waals surface area contributed by atoms with Gasteiger partial charge in [-0.15, -0.1) is 0 Å². The van der Waals surface area contributed by atoms with Crippen LogP contribution in [0.4, 0.5) is 11.4 Å². The Hall–Kier alpha value is -3.70. The number of aliphatic hydroxyl groups is 1. The van der Waals surface area contributed by atoms with Gasteiger partial charge in [0.15, 0.2) is 0 Å². The van der Waals surface area contributed by atoms with E-state index in [-0.39, 0.29) is 6.61 Å². The second-order valence-electron chi connectivity index (χ2n) is 10.2. The van der Waals surface area contributed by atoms with Crippen LogP contribution in [0.1, 0.15) is 68.7 Å². The molecule has 0 aliphatic carbocycles. The van der Waals surface area contributed by atoms with Gasteiger partial charge in [-0.25, -0.2) is 0 Å². The maximum absolute atomic E-state index is 9.29. The number of ether oxygens (including phenoxy) is 2. The molecule has 220 valence electrons. The molecule has 0 aliphatic rings. The molecule has 1 N–H and O–H groups in total. The fourth-order valence-corrected chi connectivity index (χ4v) is 4.83. The highest BCUT2D eigenvalue weighted by Gasteiger charge is 2.09. The lowest BCUT2D eigenvalue weighted by Gasteiger charge is -2.24. The minimum absolute atomic E-state index is 0.144. The van der Waals surface area contributed by atoms with Crippen LogP contribution >= 0.6 is 0 Å². The number of likely N-dealkylation sites (N-methyl/N-ethyl adjacent to an activating group) is 1. The van der Waals surface area contributed by atoms with Crippen LogP contribution in [0.2, 0.25) is 0 Å². The third kappa shape index (κ3) is 9.43. The smallest absolute Gasteiger partial charge is 0.126 e. The van der Waals surface area contributed by atoms with Crippen LogP contribution in [0.3, 0.4) is 0 Å². The number of hydrogen-bond acceptors (Lipinski definition) is 5. The van der Waals surface area contributed by atoms with Crippen molar-refractivity contribution in [2.24, 2.45) is 0 Å². The third-order valence-electron chi connectivity index (χ3n) is 7.32. The molecule has 0 fully saturated rings. The lowest BCUT2D eigenvalue weighted by Crippen LogP contribution is -2.25. The summed E-state index contributed by atoms with van der Waals surface area (Å²) >= 11 is 0. The van der Waals surface area contributed by atoms with Crippen molar-refractivity contribution < 1.29 is 14.6 Å². The van der Waals surface area contributed by atoms with Crippen LogP contribution in [0.25, 0.3) is 24.3 Å². The quantitative estimate of drug-likeness (QED) is 0.170. The summed E-state index contributed by atoms with van der Waals surface area (Å²) in [6.45, 7) is 10.4. The van der Waals surface area contributed by atoms with Crippen LogP contribution < -0.4 is 19.3 Å². The molecule has 0 saturated carbocycles. The minimum atomic E-state index is 0.144. The molecule has 0 saturated heterocycles. The first-order valence-corrected chi connectivity index (χ1v) is 15.0. The summed E-state index contributed by atoms with van der Waals surface area (Å²) < 4.78 is 11.5. The van der Waals surface area contributed by atoms with Crippen LogP contribution in [-0.4, -0.2) is 52.1 Å². The number of nitrogens with zero attached hydrogens (tertiary/aromatic N) is 2. The normalized spacial score (nSPS) is 11.4. The largest absolute Gasteiger partial charge is 0.496 e. The van der Waals surface area contributed by atoms with Gasteiger partial charge in [0.2, 0.25) is 0 Å². The number of unbranched alkanes of at least 4 members (excludes halogenated alkanes) is 2. The molecule has 0 heterocycles. The average Bonchev–Trinajstić information content (AvgIpc) is 3.02. The SMILES string of the molecule is CCCCN(CCCC)c1ccc(C=Cc2cc(OC)c(C=Cc3ccc(N(CC)CCO)cc3)cc2OC)cc1. The summed E-state index contributed by atoms with van der Waals surface area (Å²) in [5.41, 5.74) is 6.55. The van der Waals surface area contributed by atoms with E-state index >= 15 is 0 Å². The van der Waals surface area contributed by atoms with Gasteiger partial charge in [0.1, 0.15) is 11.5 Å². The van der Waals surface area contributed by atoms with Crippen molar-refractivity contribution in [2.45, 2.75) is 46.5 Å². The van der Waals surface area contributed by atoms with Crippen molar-refractivity contribution in [1.29, 1.82) is 0 Å². The zero-order valence-electron chi connectivity index (χ0n) is 25.6. The van der Waals surface area contributed by atoms with Crippen molar-refractivity contribution in [1.82, 2.24) is 0 Å². The highest BCUT2D eigenvalue weighted by atomic mass is 16.5. The molecule has 0 bridgehead atoms. The summed E-state index contributed by atoms with van der Waals surface area (Å²) in [7, 11) is 3.40. The number of rotatable bonds is 17. The van der Waals surface area contributed by atoms with Gasteiger partial charge < -0.3 is 24.4 Å². The van der Waals surface area contributed by atoms with Crippen molar-refractivity contribution in [3.05, 3.63) is 82.9 Å². The van der Waals surface area contributed by atoms with Crippen molar-refractivity contribution in [3.8, 4) is 11.5 Å². The first kappa shape index (κ1) is 31.8. The molecular formula is C36H48N2O3. The van der Waals surface area contributed by atoms with E-state index in [4.69, 9.17) is 9.47 Å². The van der Waals surface area contributed by atoms with Gasteiger partial charge in [-0.2, -0.15) is 0 Å². The number of methoxy groups -OCH3 is 2. The first-order chi connectivity index (χ1) is 20.1. The van der Waals surface area contributed by atoms with Gasteiger partial charge in [-0.1, -0.05) is 75.3 Å². The number of anilines is 2. The molecule has 0 unspecified atom stereocenters. The zero-order valence-corrected chi connectivity index (χ0v) is 25.6. The predicted molar refractivity (Wildman–Crippen MR) is 177 cm³/mol. The maximum atomic E-state index is 9.29. The average molecular weight is 557 g/mol. The van der Waals surface area contributed by atoms with E-state index in [1.54, 1.807) is 14.2 Å². The van der Waals surface area contributed by atoms with Crippen LogP contribution in [0, 0.1) is 0 Å². The molecule has 3 rings (SSSR count).